The van der Waals surface area contributed by atoms with E-state index >= 15 is 0 Å². The fourth-order valence-corrected chi connectivity index (χ4v) is 3.47. The van der Waals surface area contributed by atoms with Crippen LogP contribution < -0.4 is 5.73 Å². The monoisotopic (exact) mass is 306 g/mol. The maximum absolute atomic E-state index is 12.8. The zero-order valence-corrected chi connectivity index (χ0v) is 13.2. The molecule has 0 spiro atoms. The summed E-state index contributed by atoms with van der Waals surface area (Å²) in [4.78, 5) is 15.0. The first-order chi connectivity index (χ1) is 11.3. The number of carbonyl (C=O) groups is 1. The standard InChI is InChI=1S/C20H22N2O/c21-19(23)20(17-11-5-3-6-12-17,18-13-7-4-8-14-18)22-15-9-1-2-10-16-22/h1-8,11-14H,9-10,15-16H2,(H2,21,23). The van der Waals surface area contributed by atoms with Gasteiger partial charge in [0.05, 0.1) is 0 Å². The lowest BCUT2D eigenvalue weighted by Crippen LogP contribution is -2.56. The predicted molar refractivity (Wildman–Crippen MR) is 92.8 cm³/mol. The van der Waals surface area contributed by atoms with Crippen molar-refractivity contribution in [1.82, 2.24) is 4.90 Å². The summed E-state index contributed by atoms with van der Waals surface area (Å²) >= 11 is 0. The van der Waals surface area contributed by atoms with Gasteiger partial charge in [-0.15, -0.1) is 0 Å². The molecule has 0 bridgehead atoms. The molecule has 0 saturated heterocycles. The molecule has 23 heavy (non-hydrogen) atoms. The van der Waals surface area contributed by atoms with Crippen molar-refractivity contribution in [2.24, 2.45) is 5.73 Å². The van der Waals surface area contributed by atoms with Crippen LogP contribution in [0.25, 0.3) is 0 Å². The molecule has 1 amide bonds. The highest BCUT2D eigenvalue weighted by Crippen LogP contribution is 2.36. The van der Waals surface area contributed by atoms with E-state index in [2.05, 4.69) is 17.1 Å². The van der Waals surface area contributed by atoms with Crippen molar-refractivity contribution < 1.29 is 4.79 Å². The van der Waals surface area contributed by atoms with Crippen LogP contribution in [-0.4, -0.2) is 23.9 Å². The minimum atomic E-state index is -0.922. The van der Waals surface area contributed by atoms with Crippen molar-refractivity contribution >= 4 is 5.91 Å². The highest BCUT2D eigenvalue weighted by Gasteiger charge is 2.45. The Kier molecular flexibility index (Phi) is 4.58. The Labute approximate surface area is 137 Å². The summed E-state index contributed by atoms with van der Waals surface area (Å²) in [5.41, 5.74) is 6.96. The lowest BCUT2D eigenvalue weighted by atomic mass is 9.80. The van der Waals surface area contributed by atoms with Crippen LogP contribution >= 0.6 is 0 Å². The minimum absolute atomic E-state index is 0.322. The molecule has 3 nitrogen and oxygen atoms in total. The second-order valence-electron chi connectivity index (χ2n) is 5.84. The van der Waals surface area contributed by atoms with Crippen LogP contribution in [0.1, 0.15) is 24.0 Å². The van der Waals surface area contributed by atoms with E-state index in [1.165, 1.54) is 0 Å². The average Bonchev–Trinajstić information content (AvgIpc) is 2.87. The van der Waals surface area contributed by atoms with E-state index in [4.69, 9.17) is 5.73 Å². The molecule has 0 radical (unpaired) electrons. The van der Waals surface area contributed by atoms with Crippen molar-refractivity contribution in [3.63, 3.8) is 0 Å². The van der Waals surface area contributed by atoms with Gasteiger partial charge in [-0.3, -0.25) is 9.69 Å². The molecule has 1 heterocycles. The Morgan fingerprint density at radius 2 is 1.26 bits per heavy atom. The van der Waals surface area contributed by atoms with Crippen molar-refractivity contribution in [1.29, 1.82) is 0 Å². The van der Waals surface area contributed by atoms with E-state index in [0.717, 1.165) is 37.1 Å². The topological polar surface area (TPSA) is 46.3 Å². The molecular formula is C20H22N2O. The van der Waals surface area contributed by atoms with Crippen molar-refractivity contribution in [2.75, 3.05) is 13.1 Å². The quantitative estimate of drug-likeness (QED) is 0.882. The summed E-state index contributed by atoms with van der Waals surface area (Å²) in [6, 6.07) is 19.8. The largest absolute Gasteiger partial charge is 0.367 e. The number of primary amides is 1. The third-order valence-corrected chi connectivity index (χ3v) is 4.51. The predicted octanol–water partition coefficient (Wildman–Crippen LogP) is 3.07. The van der Waals surface area contributed by atoms with Gasteiger partial charge >= 0.3 is 0 Å². The molecule has 3 rings (SSSR count). The summed E-state index contributed by atoms with van der Waals surface area (Å²) in [5.74, 6) is -0.322. The highest BCUT2D eigenvalue weighted by molar-refractivity contribution is 5.90. The zero-order valence-electron chi connectivity index (χ0n) is 13.2. The number of nitrogens with zero attached hydrogens (tertiary/aromatic N) is 1. The van der Waals surface area contributed by atoms with E-state index in [0.29, 0.717) is 0 Å². The second-order valence-corrected chi connectivity index (χ2v) is 5.84. The molecule has 0 aliphatic carbocycles. The first kappa shape index (κ1) is 15.5. The van der Waals surface area contributed by atoms with Crippen LogP contribution in [0.5, 0.6) is 0 Å². The van der Waals surface area contributed by atoms with Crippen LogP contribution in [0.4, 0.5) is 0 Å². The average molecular weight is 306 g/mol. The molecule has 118 valence electrons. The zero-order chi connectivity index (χ0) is 16.1. The van der Waals surface area contributed by atoms with Crippen molar-refractivity contribution in [3.8, 4) is 0 Å². The van der Waals surface area contributed by atoms with E-state index in [9.17, 15) is 4.79 Å². The first-order valence-electron chi connectivity index (χ1n) is 8.07. The Hall–Kier alpha value is -2.39. The van der Waals surface area contributed by atoms with Crippen LogP contribution in [0.15, 0.2) is 72.8 Å². The number of hydrogen-bond acceptors (Lipinski definition) is 2. The van der Waals surface area contributed by atoms with Gasteiger partial charge in [-0.1, -0.05) is 72.8 Å². The summed E-state index contributed by atoms with van der Waals surface area (Å²) in [6.07, 6.45) is 6.22. The van der Waals surface area contributed by atoms with Gasteiger partial charge in [0.25, 0.3) is 0 Å². The molecule has 1 aliphatic heterocycles. The Balaban J connectivity index is 2.20. The number of carbonyl (C=O) groups excluding carboxylic acids is 1. The number of amides is 1. The van der Waals surface area contributed by atoms with E-state index < -0.39 is 5.54 Å². The highest BCUT2D eigenvalue weighted by atomic mass is 16.1. The van der Waals surface area contributed by atoms with Gasteiger partial charge in [-0.25, -0.2) is 0 Å². The second kappa shape index (κ2) is 6.80. The van der Waals surface area contributed by atoms with E-state index in [1.807, 2.05) is 60.7 Å². The van der Waals surface area contributed by atoms with Crippen LogP contribution in [0.2, 0.25) is 0 Å². The van der Waals surface area contributed by atoms with E-state index in [-0.39, 0.29) is 5.91 Å². The van der Waals surface area contributed by atoms with Crippen molar-refractivity contribution in [3.05, 3.63) is 83.9 Å². The summed E-state index contributed by atoms with van der Waals surface area (Å²) in [5, 5.41) is 0. The van der Waals surface area contributed by atoms with Crippen LogP contribution in [-0.2, 0) is 10.3 Å². The summed E-state index contributed by atoms with van der Waals surface area (Å²) in [7, 11) is 0. The van der Waals surface area contributed by atoms with Gasteiger partial charge in [-0.2, -0.15) is 0 Å². The summed E-state index contributed by atoms with van der Waals surface area (Å²) in [6.45, 7) is 1.62. The molecule has 2 N–H and O–H groups in total. The normalized spacial score (nSPS) is 16.0. The lowest BCUT2D eigenvalue weighted by Gasteiger charge is -2.42. The maximum Gasteiger partial charge on any atom is 0.247 e. The lowest BCUT2D eigenvalue weighted by molar-refractivity contribution is -0.128. The Bertz CT molecular complexity index is 630. The number of nitrogens with two attached hydrogens (primary N) is 1. The number of rotatable bonds is 4. The molecule has 1 aliphatic rings. The van der Waals surface area contributed by atoms with Gasteiger partial charge in [0.2, 0.25) is 5.91 Å². The third kappa shape index (κ3) is 2.80. The van der Waals surface area contributed by atoms with Gasteiger partial charge in [0.1, 0.15) is 0 Å². The first-order valence-corrected chi connectivity index (χ1v) is 8.07. The Morgan fingerprint density at radius 1 is 0.826 bits per heavy atom. The molecule has 0 unspecified atom stereocenters. The molecule has 0 saturated carbocycles. The van der Waals surface area contributed by atoms with Gasteiger partial charge < -0.3 is 5.73 Å². The fraction of sp³-hybridized carbons (Fsp3) is 0.250. The van der Waals surface area contributed by atoms with Crippen LogP contribution in [0.3, 0.4) is 0 Å². The number of benzene rings is 2. The molecule has 0 aromatic heterocycles. The SMILES string of the molecule is NC(=O)C(c1ccccc1)(c1ccccc1)N1CCC=CCC1. The molecule has 3 heteroatoms. The van der Waals surface area contributed by atoms with Gasteiger partial charge in [0, 0.05) is 13.1 Å². The molecular weight excluding hydrogens is 284 g/mol. The smallest absolute Gasteiger partial charge is 0.247 e. The van der Waals surface area contributed by atoms with Gasteiger partial charge in [0.15, 0.2) is 5.54 Å². The molecule has 0 atom stereocenters. The fourth-order valence-electron chi connectivity index (χ4n) is 3.47. The minimum Gasteiger partial charge on any atom is -0.367 e. The number of hydrogen-bond donors (Lipinski definition) is 1. The Morgan fingerprint density at radius 3 is 1.65 bits per heavy atom. The van der Waals surface area contributed by atoms with E-state index in [1.54, 1.807) is 0 Å². The summed E-state index contributed by atoms with van der Waals surface area (Å²) < 4.78 is 0. The molecule has 2 aromatic rings. The van der Waals surface area contributed by atoms with Crippen molar-refractivity contribution in [2.45, 2.75) is 18.4 Å². The maximum atomic E-state index is 12.8. The third-order valence-electron chi connectivity index (χ3n) is 4.51. The molecule has 2 aromatic carbocycles. The molecule has 0 fully saturated rings. The van der Waals surface area contributed by atoms with Crippen LogP contribution in [0, 0.1) is 0 Å². The van der Waals surface area contributed by atoms with Gasteiger partial charge in [-0.05, 0) is 24.0 Å².